The Kier molecular flexibility index (Phi) is 9.46. The number of nitrogens with two attached hydrogens (primary N) is 1. The lowest BCUT2D eigenvalue weighted by Crippen LogP contribution is -2.34. The average Bonchev–Trinajstić information content (AvgIpc) is 2.16. The van der Waals surface area contributed by atoms with Gasteiger partial charge in [-0.15, -0.1) is 0 Å². The van der Waals surface area contributed by atoms with E-state index in [1.807, 2.05) is 0 Å². The molecular weight excluding hydrogens is 175 g/mol. The Balaban J connectivity index is 3.60. The molecule has 0 saturated carbocycles. The van der Waals surface area contributed by atoms with Gasteiger partial charge in [-0.2, -0.15) is 0 Å². The normalized spacial score (nSPS) is 15.1. The minimum Gasteiger partial charge on any atom is -0.427 e. The Labute approximate surface area is 89.1 Å². The van der Waals surface area contributed by atoms with Crippen molar-refractivity contribution in [2.45, 2.75) is 58.0 Å². The predicted octanol–water partition coefficient (Wildman–Crippen LogP) is 1.18. The highest BCUT2D eigenvalue weighted by atomic mass is 16.4. The number of nitrogens with one attached hydrogen (secondary N) is 1. The summed E-state index contributed by atoms with van der Waals surface area (Å²) in [6.07, 6.45) is 6.00. The average molecular weight is 200 g/mol. The standard InChI is InChI=1S/C10H25BN2O/c1-4-5-6-10(13-11-14-3)8-7-9(2)12/h9-11,13H,4-8,12H2,1-3H3. The summed E-state index contributed by atoms with van der Waals surface area (Å²) in [7, 11) is 2.36. The van der Waals surface area contributed by atoms with Crippen molar-refractivity contribution in [1.82, 2.24) is 5.23 Å². The minimum absolute atomic E-state index is 0.309. The molecule has 0 aromatic carbocycles. The van der Waals surface area contributed by atoms with Gasteiger partial charge in [-0.3, -0.25) is 0 Å². The molecule has 0 amide bonds. The van der Waals surface area contributed by atoms with Gasteiger partial charge in [0.05, 0.1) is 0 Å². The molecule has 0 saturated heterocycles. The highest BCUT2D eigenvalue weighted by molar-refractivity contribution is 6.23. The number of unbranched alkanes of at least 4 members (excludes halogenated alkanes) is 1. The molecule has 0 aliphatic carbocycles. The number of hydrogen-bond acceptors (Lipinski definition) is 3. The van der Waals surface area contributed by atoms with E-state index in [1.54, 1.807) is 7.11 Å². The summed E-state index contributed by atoms with van der Waals surface area (Å²) in [5, 5.41) is 3.38. The Morgan fingerprint density at radius 1 is 1.36 bits per heavy atom. The zero-order valence-electron chi connectivity index (χ0n) is 9.88. The van der Waals surface area contributed by atoms with E-state index in [0.29, 0.717) is 19.7 Å². The molecule has 0 aliphatic heterocycles. The monoisotopic (exact) mass is 200 g/mol. The Morgan fingerprint density at radius 3 is 2.57 bits per heavy atom. The van der Waals surface area contributed by atoms with E-state index in [-0.39, 0.29) is 0 Å². The van der Waals surface area contributed by atoms with Crippen LogP contribution in [0.5, 0.6) is 0 Å². The molecule has 14 heavy (non-hydrogen) atoms. The third kappa shape index (κ3) is 8.54. The van der Waals surface area contributed by atoms with Crippen LogP contribution < -0.4 is 11.0 Å². The van der Waals surface area contributed by atoms with Crippen LogP contribution in [0.25, 0.3) is 0 Å². The van der Waals surface area contributed by atoms with Gasteiger partial charge in [-0.25, -0.2) is 0 Å². The SMILES string of the molecule is CCCCC(CCC(C)N)NBOC. The van der Waals surface area contributed by atoms with Crippen LogP contribution in [-0.2, 0) is 4.65 Å². The Hall–Kier alpha value is -0.0551. The van der Waals surface area contributed by atoms with Crippen LogP contribution >= 0.6 is 0 Å². The second kappa shape index (κ2) is 9.50. The fourth-order valence-electron chi connectivity index (χ4n) is 1.46. The molecule has 84 valence electrons. The maximum absolute atomic E-state index is 5.74. The molecule has 0 radical (unpaired) electrons. The highest BCUT2D eigenvalue weighted by Gasteiger charge is 2.08. The van der Waals surface area contributed by atoms with Crippen molar-refractivity contribution in [3.8, 4) is 0 Å². The van der Waals surface area contributed by atoms with Crippen LogP contribution in [0, 0.1) is 0 Å². The van der Waals surface area contributed by atoms with Crippen LogP contribution in [0.2, 0.25) is 0 Å². The molecule has 0 heterocycles. The van der Waals surface area contributed by atoms with E-state index >= 15 is 0 Å². The van der Waals surface area contributed by atoms with E-state index in [1.165, 1.54) is 19.3 Å². The van der Waals surface area contributed by atoms with Gasteiger partial charge in [-0.1, -0.05) is 19.8 Å². The predicted molar refractivity (Wildman–Crippen MR) is 63.5 cm³/mol. The Bertz CT molecular complexity index is 115. The van der Waals surface area contributed by atoms with Crippen LogP contribution in [0.1, 0.15) is 46.0 Å². The fourth-order valence-corrected chi connectivity index (χ4v) is 1.46. The second-order valence-corrected chi connectivity index (χ2v) is 4.03. The highest BCUT2D eigenvalue weighted by Crippen LogP contribution is 2.07. The zero-order chi connectivity index (χ0) is 10.8. The maximum Gasteiger partial charge on any atom is 0.360 e. The van der Waals surface area contributed by atoms with Crippen molar-refractivity contribution in [2.75, 3.05) is 7.11 Å². The first kappa shape index (κ1) is 13.9. The second-order valence-electron chi connectivity index (χ2n) is 4.03. The van der Waals surface area contributed by atoms with Crippen molar-refractivity contribution < 1.29 is 4.65 Å². The van der Waals surface area contributed by atoms with Crippen molar-refractivity contribution in [3.63, 3.8) is 0 Å². The summed E-state index contributed by atoms with van der Waals surface area (Å²) in [6, 6.07) is 0.879. The van der Waals surface area contributed by atoms with Crippen molar-refractivity contribution >= 4 is 7.62 Å². The summed E-state index contributed by atoms with van der Waals surface area (Å²) in [5.41, 5.74) is 5.74. The topological polar surface area (TPSA) is 47.3 Å². The zero-order valence-corrected chi connectivity index (χ0v) is 9.88. The van der Waals surface area contributed by atoms with Gasteiger partial charge in [0, 0.05) is 13.2 Å². The van der Waals surface area contributed by atoms with Gasteiger partial charge < -0.3 is 15.6 Å². The smallest absolute Gasteiger partial charge is 0.360 e. The molecule has 2 atom stereocenters. The quantitative estimate of drug-likeness (QED) is 0.549. The largest absolute Gasteiger partial charge is 0.427 e. The van der Waals surface area contributed by atoms with Gasteiger partial charge in [0.25, 0.3) is 0 Å². The molecule has 0 fully saturated rings. The van der Waals surface area contributed by atoms with E-state index < -0.39 is 0 Å². The summed E-state index contributed by atoms with van der Waals surface area (Å²) < 4.78 is 5.02. The van der Waals surface area contributed by atoms with E-state index in [9.17, 15) is 0 Å². The molecule has 3 N–H and O–H groups in total. The molecule has 3 nitrogen and oxygen atoms in total. The first-order valence-corrected chi connectivity index (χ1v) is 5.68. The molecule has 4 heteroatoms. The van der Waals surface area contributed by atoms with Crippen LogP contribution in [0.4, 0.5) is 0 Å². The first-order valence-electron chi connectivity index (χ1n) is 5.68. The van der Waals surface area contributed by atoms with Crippen LogP contribution in [0.15, 0.2) is 0 Å². The minimum atomic E-state index is 0.309. The van der Waals surface area contributed by atoms with E-state index in [2.05, 4.69) is 19.1 Å². The van der Waals surface area contributed by atoms with E-state index in [0.717, 1.165) is 12.8 Å². The maximum atomic E-state index is 5.74. The third-order valence-corrected chi connectivity index (χ3v) is 2.39. The molecule has 0 rings (SSSR count). The number of rotatable bonds is 9. The van der Waals surface area contributed by atoms with Gasteiger partial charge >= 0.3 is 7.62 Å². The van der Waals surface area contributed by atoms with Gasteiger partial charge in [0.2, 0.25) is 0 Å². The molecule has 0 bridgehead atoms. The Morgan fingerprint density at radius 2 is 2.07 bits per heavy atom. The van der Waals surface area contributed by atoms with Crippen molar-refractivity contribution in [1.29, 1.82) is 0 Å². The lowest BCUT2D eigenvalue weighted by Gasteiger charge is -2.18. The van der Waals surface area contributed by atoms with Crippen LogP contribution in [-0.4, -0.2) is 26.8 Å². The lowest BCUT2D eigenvalue weighted by atomic mass is 9.99. The third-order valence-electron chi connectivity index (χ3n) is 2.39. The lowest BCUT2D eigenvalue weighted by molar-refractivity contribution is 0.400. The van der Waals surface area contributed by atoms with Crippen LogP contribution in [0.3, 0.4) is 0 Å². The number of hydrogen-bond donors (Lipinski definition) is 2. The summed E-state index contributed by atoms with van der Waals surface area (Å²) in [4.78, 5) is 0. The molecule has 0 aromatic rings. The first-order chi connectivity index (χ1) is 6.70. The summed E-state index contributed by atoms with van der Waals surface area (Å²) in [6.45, 7) is 4.28. The summed E-state index contributed by atoms with van der Waals surface area (Å²) in [5.74, 6) is 0. The molecular formula is C10H25BN2O. The molecule has 0 spiro atoms. The van der Waals surface area contributed by atoms with Crippen molar-refractivity contribution in [3.05, 3.63) is 0 Å². The molecule has 0 aliphatic rings. The van der Waals surface area contributed by atoms with Crippen molar-refractivity contribution in [2.24, 2.45) is 5.73 Å². The van der Waals surface area contributed by atoms with Gasteiger partial charge in [0.15, 0.2) is 0 Å². The fraction of sp³-hybridized carbons (Fsp3) is 1.00. The summed E-state index contributed by atoms with van der Waals surface area (Å²) >= 11 is 0. The van der Waals surface area contributed by atoms with Gasteiger partial charge in [0.1, 0.15) is 0 Å². The van der Waals surface area contributed by atoms with Gasteiger partial charge in [-0.05, 0) is 32.2 Å². The van der Waals surface area contributed by atoms with E-state index in [4.69, 9.17) is 10.4 Å². The molecule has 2 unspecified atom stereocenters. The molecule has 0 aromatic heterocycles.